The van der Waals surface area contributed by atoms with Crippen LogP contribution in [0.1, 0.15) is 30.9 Å². The molecule has 0 unspecified atom stereocenters. The Hall–Kier alpha value is -2.38. The first-order valence-corrected chi connectivity index (χ1v) is 9.36. The summed E-state index contributed by atoms with van der Waals surface area (Å²) in [4.78, 5) is 13.9. The molecule has 2 N–H and O–H groups in total. The van der Waals surface area contributed by atoms with Crippen molar-refractivity contribution in [2.24, 2.45) is 0 Å². The van der Waals surface area contributed by atoms with E-state index in [-0.39, 0.29) is 11.5 Å². The third-order valence-electron chi connectivity index (χ3n) is 3.54. The molecule has 0 spiro atoms. The molecule has 2 aromatic carbocycles. The van der Waals surface area contributed by atoms with Gasteiger partial charge in [0.1, 0.15) is 5.75 Å². The lowest BCUT2D eigenvalue weighted by Gasteiger charge is -2.11. The Bertz CT molecular complexity index is 830. The van der Waals surface area contributed by atoms with Gasteiger partial charge in [-0.1, -0.05) is 38.1 Å². The van der Waals surface area contributed by atoms with Gasteiger partial charge < -0.3 is 4.74 Å². The highest BCUT2D eigenvalue weighted by Gasteiger charge is 2.15. The summed E-state index contributed by atoms with van der Waals surface area (Å²) < 4.78 is 29.7. The summed E-state index contributed by atoms with van der Waals surface area (Å²) >= 11 is 0. The number of carbonyl (C=O) groups is 1. The minimum Gasteiger partial charge on any atom is -0.484 e. The highest BCUT2D eigenvalue weighted by atomic mass is 32.2. The van der Waals surface area contributed by atoms with E-state index in [2.05, 4.69) is 10.3 Å². The molecule has 0 atom stereocenters. The summed E-state index contributed by atoms with van der Waals surface area (Å²) in [7, 11) is -3.82. The van der Waals surface area contributed by atoms with Gasteiger partial charge in [0, 0.05) is 0 Å². The number of nitrogens with one attached hydrogen (secondary N) is 2. The van der Waals surface area contributed by atoms with E-state index < -0.39 is 15.9 Å². The highest BCUT2D eigenvalue weighted by molar-refractivity contribution is 7.89. The van der Waals surface area contributed by atoms with Gasteiger partial charge in [0.05, 0.1) is 4.90 Å². The van der Waals surface area contributed by atoms with Gasteiger partial charge in [0.2, 0.25) is 0 Å². The maximum atomic E-state index is 12.2. The zero-order chi connectivity index (χ0) is 18.4. The monoisotopic (exact) mass is 362 g/mol. The zero-order valence-corrected chi connectivity index (χ0v) is 15.3. The molecule has 0 aliphatic rings. The van der Waals surface area contributed by atoms with Crippen LogP contribution in [0.3, 0.4) is 0 Å². The molecular formula is C18H22N2O4S. The van der Waals surface area contributed by atoms with Crippen molar-refractivity contribution in [1.82, 2.24) is 10.3 Å². The summed E-state index contributed by atoms with van der Waals surface area (Å²) in [5.74, 6) is 0.259. The van der Waals surface area contributed by atoms with Crippen LogP contribution in [0.4, 0.5) is 0 Å². The lowest BCUT2D eigenvalue weighted by atomic mass is 10.0. The summed E-state index contributed by atoms with van der Waals surface area (Å²) in [6.45, 7) is 5.66. The second-order valence-electron chi connectivity index (χ2n) is 5.98. The molecule has 2 rings (SSSR count). The van der Waals surface area contributed by atoms with Crippen LogP contribution in [-0.2, 0) is 14.8 Å². The number of rotatable bonds is 7. The Morgan fingerprint density at radius 2 is 1.80 bits per heavy atom. The van der Waals surface area contributed by atoms with E-state index >= 15 is 0 Å². The summed E-state index contributed by atoms with van der Waals surface area (Å²) in [5, 5.41) is 0. The van der Waals surface area contributed by atoms with Crippen molar-refractivity contribution >= 4 is 15.9 Å². The fraction of sp³-hybridized carbons (Fsp3) is 0.278. The van der Waals surface area contributed by atoms with Crippen molar-refractivity contribution in [1.29, 1.82) is 0 Å². The van der Waals surface area contributed by atoms with Gasteiger partial charge in [-0.2, -0.15) is 0 Å². The van der Waals surface area contributed by atoms with E-state index in [1.54, 1.807) is 24.3 Å². The fourth-order valence-electron chi connectivity index (χ4n) is 2.10. The lowest BCUT2D eigenvalue weighted by molar-refractivity contribution is -0.123. The molecule has 0 saturated heterocycles. The normalized spacial score (nSPS) is 11.4. The van der Waals surface area contributed by atoms with Crippen LogP contribution < -0.4 is 15.0 Å². The van der Waals surface area contributed by atoms with Gasteiger partial charge in [-0.05, 0) is 48.2 Å². The smallest absolute Gasteiger partial charge is 0.272 e. The number of hydrogen-bond acceptors (Lipinski definition) is 4. The molecule has 0 fully saturated rings. The summed E-state index contributed by atoms with van der Waals surface area (Å²) in [6, 6.07) is 13.7. The van der Waals surface area contributed by atoms with Crippen molar-refractivity contribution < 1.29 is 17.9 Å². The molecule has 6 nitrogen and oxygen atoms in total. The topological polar surface area (TPSA) is 84.5 Å². The Morgan fingerprint density at radius 3 is 2.40 bits per heavy atom. The minimum atomic E-state index is -3.82. The van der Waals surface area contributed by atoms with Crippen molar-refractivity contribution in [2.75, 3.05) is 6.61 Å². The second-order valence-corrected chi connectivity index (χ2v) is 7.66. The Kier molecular flexibility index (Phi) is 6.17. The van der Waals surface area contributed by atoms with Crippen LogP contribution in [-0.4, -0.2) is 20.9 Å². The maximum absolute atomic E-state index is 12.2. The third-order valence-corrected chi connectivity index (χ3v) is 4.80. The minimum absolute atomic E-state index is 0.0804. The first kappa shape index (κ1) is 19.0. The quantitative estimate of drug-likeness (QED) is 0.741. The van der Waals surface area contributed by atoms with Crippen molar-refractivity contribution in [3.8, 4) is 5.75 Å². The molecule has 0 bridgehead atoms. The second kappa shape index (κ2) is 8.13. The zero-order valence-electron chi connectivity index (χ0n) is 14.4. The van der Waals surface area contributed by atoms with Crippen LogP contribution in [0.15, 0.2) is 53.4 Å². The predicted octanol–water partition coefficient (Wildman–Crippen LogP) is 2.51. The van der Waals surface area contributed by atoms with Gasteiger partial charge >= 0.3 is 0 Å². The number of benzene rings is 2. The van der Waals surface area contributed by atoms with Crippen LogP contribution in [0, 0.1) is 6.92 Å². The molecule has 0 radical (unpaired) electrons. The fourth-order valence-corrected chi connectivity index (χ4v) is 2.97. The van der Waals surface area contributed by atoms with Gasteiger partial charge in [-0.3, -0.25) is 10.2 Å². The van der Waals surface area contributed by atoms with E-state index in [0.717, 1.165) is 11.1 Å². The maximum Gasteiger partial charge on any atom is 0.272 e. The van der Waals surface area contributed by atoms with Gasteiger partial charge in [-0.15, -0.1) is 4.83 Å². The number of amides is 1. The van der Waals surface area contributed by atoms with E-state index in [0.29, 0.717) is 11.7 Å². The van der Waals surface area contributed by atoms with E-state index in [1.165, 1.54) is 12.1 Å². The molecule has 0 heterocycles. The molecule has 0 saturated carbocycles. The standard InChI is InChI=1S/C18H22N2O4S/c1-13(2)15-7-9-17(10-8-15)25(22,23)20-19-18(21)12-24-16-6-4-5-14(3)11-16/h4-11,13,20H,12H2,1-3H3,(H,19,21). The average molecular weight is 362 g/mol. The van der Waals surface area contributed by atoms with E-state index in [1.807, 2.05) is 32.9 Å². The highest BCUT2D eigenvalue weighted by Crippen LogP contribution is 2.17. The predicted molar refractivity (Wildman–Crippen MR) is 95.7 cm³/mol. The number of ether oxygens (including phenoxy) is 1. The largest absolute Gasteiger partial charge is 0.484 e. The first-order chi connectivity index (χ1) is 11.8. The Labute approximate surface area is 148 Å². The van der Waals surface area contributed by atoms with Crippen molar-refractivity contribution in [3.63, 3.8) is 0 Å². The van der Waals surface area contributed by atoms with Gasteiger partial charge in [-0.25, -0.2) is 8.42 Å². The molecule has 0 aliphatic heterocycles. The van der Waals surface area contributed by atoms with Crippen LogP contribution >= 0.6 is 0 Å². The molecule has 2 aromatic rings. The van der Waals surface area contributed by atoms with E-state index in [4.69, 9.17) is 4.74 Å². The number of hydrogen-bond donors (Lipinski definition) is 2. The van der Waals surface area contributed by atoms with Crippen LogP contribution in [0.5, 0.6) is 5.75 Å². The molecular weight excluding hydrogens is 340 g/mol. The van der Waals surface area contributed by atoms with E-state index in [9.17, 15) is 13.2 Å². The van der Waals surface area contributed by atoms with Crippen LogP contribution in [0.25, 0.3) is 0 Å². The van der Waals surface area contributed by atoms with Gasteiger partial charge in [0.25, 0.3) is 15.9 Å². The SMILES string of the molecule is Cc1cccc(OCC(=O)NNS(=O)(=O)c2ccc(C(C)C)cc2)c1. The molecule has 1 amide bonds. The first-order valence-electron chi connectivity index (χ1n) is 7.88. The van der Waals surface area contributed by atoms with Crippen molar-refractivity contribution in [2.45, 2.75) is 31.6 Å². The summed E-state index contributed by atoms with van der Waals surface area (Å²) in [6.07, 6.45) is 0. The summed E-state index contributed by atoms with van der Waals surface area (Å²) in [5.41, 5.74) is 4.18. The molecule has 7 heteroatoms. The lowest BCUT2D eigenvalue weighted by Crippen LogP contribution is -2.43. The van der Waals surface area contributed by atoms with Crippen LogP contribution in [0.2, 0.25) is 0 Å². The molecule has 134 valence electrons. The number of hydrazine groups is 1. The third kappa shape index (κ3) is 5.58. The Balaban J connectivity index is 1.89. The number of carbonyl (C=O) groups excluding carboxylic acids is 1. The molecule has 0 aliphatic carbocycles. The van der Waals surface area contributed by atoms with Gasteiger partial charge in [0.15, 0.2) is 6.61 Å². The van der Waals surface area contributed by atoms with Crippen molar-refractivity contribution in [3.05, 3.63) is 59.7 Å². The Morgan fingerprint density at radius 1 is 1.12 bits per heavy atom. The number of aryl methyl sites for hydroxylation is 1. The number of sulfonamides is 1. The average Bonchev–Trinajstić information content (AvgIpc) is 2.58. The molecule has 25 heavy (non-hydrogen) atoms. The molecule has 0 aromatic heterocycles.